The lowest BCUT2D eigenvalue weighted by molar-refractivity contribution is 0.102. The SMILES string of the molecule is COc1ccc(-c2nc(NC(=O)c3ccc(F)nc3)sc2C)cc1. The zero-order chi connectivity index (χ0) is 17.1. The summed E-state index contributed by atoms with van der Waals surface area (Å²) in [4.78, 5) is 21.1. The second-order valence-electron chi connectivity index (χ2n) is 4.98. The molecule has 0 radical (unpaired) electrons. The molecule has 0 aliphatic heterocycles. The van der Waals surface area contributed by atoms with Gasteiger partial charge in [-0.2, -0.15) is 4.39 Å². The molecule has 0 bridgehead atoms. The Balaban J connectivity index is 1.80. The highest BCUT2D eigenvalue weighted by Crippen LogP contribution is 2.31. The average molecular weight is 343 g/mol. The lowest BCUT2D eigenvalue weighted by Crippen LogP contribution is -2.12. The van der Waals surface area contributed by atoms with E-state index in [-0.39, 0.29) is 11.5 Å². The van der Waals surface area contributed by atoms with Gasteiger partial charge in [0.25, 0.3) is 5.91 Å². The molecule has 7 heteroatoms. The maximum atomic E-state index is 12.8. The van der Waals surface area contributed by atoms with Gasteiger partial charge in [0, 0.05) is 16.6 Å². The van der Waals surface area contributed by atoms with Crippen LogP contribution in [-0.2, 0) is 0 Å². The molecule has 3 rings (SSSR count). The van der Waals surface area contributed by atoms with Crippen LogP contribution in [0.2, 0.25) is 0 Å². The molecule has 1 amide bonds. The summed E-state index contributed by atoms with van der Waals surface area (Å²) in [7, 11) is 1.61. The Hall–Kier alpha value is -2.80. The standard InChI is InChI=1S/C17H14FN3O2S/c1-10-15(11-3-6-13(23-2)7-4-11)20-17(24-10)21-16(22)12-5-8-14(18)19-9-12/h3-9H,1-2H3,(H,20,21,22). The van der Waals surface area contributed by atoms with Gasteiger partial charge in [0.15, 0.2) is 5.13 Å². The molecule has 2 heterocycles. The Morgan fingerprint density at radius 3 is 2.58 bits per heavy atom. The van der Waals surface area contributed by atoms with Crippen molar-refractivity contribution in [2.75, 3.05) is 12.4 Å². The highest BCUT2D eigenvalue weighted by Gasteiger charge is 2.13. The fraction of sp³-hybridized carbons (Fsp3) is 0.118. The van der Waals surface area contributed by atoms with Crippen LogP contribution in [0.25, 0.3) is 11.3 Å². The van der Waals surface area contributed by atoms with E-state index in [1.807, 2.05) is 31.2 Å². The maximum absolute atomic E-state index is 12.8. The van der Waals surface area contributed by atoms with Gasteiger partial charge in [-0.05, 0) is 43.3 Å². The van der Waals surface area contributed by atoms with Crippen LogP contribution in [0.1, 0.15) is 15.2 Å². The van der Waals surface area contributed by atoms with Gasteiger partial charge in [-0.15, -0.1) is 11.3 Å². The number of carbonyl (C=O) groups excluding carboxylic acids is 1. The summed E-state index contributed by atoms with van der Waals surface area (Å²) in [5, 5.41) is 3.19. The van der Waals surface area contributed by atoms with E-state index in [4.69, 9.17) is 4.74 Å². The maximum Gasteiger partial charge on any atom is 0.259 e. The number of amides is 1. The first kappa shape index (κ1) is 16.1. The fourth-order valence-electron chi connectivity index (χ4n) is 2.15. The van der Waals surface area contributed by atoms with Crippen molar-refractivity contribution in [3.63, 3.8) is 0 Å². The number of pyridine rings is 1. The second-order valence-corrected chi connectivity index (χ2v) is 6.18. The van der Waals surface area contributed by atoms with Gasteiger partial charge < -0.3 is 4.74 Å². The third kappa shape index (κ3) is 3.41. The molecule has 0 saturated heterocycles. The molecule has 122 valence electrons. The Labute approximate surface area is 142 Å². The van der Waals surface area contributed by atoms with Crippen molar-refractivity contribution in [3.8, 4) is 17.0 Å². The lowest BCUT2D eigenvalue weighted by atomic mass is 10.1. The Morgan fingerprint density at radius 1 is 1.21 bits per heavy atom. The lowest BCUT2D eigenvalue weighted by Gasteiger charge is -2.02. The minimum Gasteiger partial charge on any atom is -0.497 e. The molecule has 0 atom stereocenters. The minimum atomic E-state index is -0.626. The topological polar surface area (TPSA) is 64.1 Å². The van der Waals surface area contributed by atoms with Crippen molar-refractivity contribution in [1.29, 1.82) is 0 Å². The number of thiazole rings is 1. The number of rotatable bonds is 4. The van der Waals surface area contributed by atoms with E-state index >= 15 is 0 Å². The summed E-state index contributed by atoms with van der Waals surface area (Å²) in [6.45, 7) is 1.94. The summed E-state index contributed by atoms with van der Waals surface area (Å²) >= 11 is 1.38. The molecule has 0 saturated carbocycles. The van der Waals surface area contributed by atoms with Crippen LogP contribution in [0, 0.1) is 12.9 Å². The number of nitrogens with zero attached hydrogens (tertiary/aromatic N) is 2. The van der Waals surface area contributed by atoms with Gasteiger partial charge in [0.2, 0.25) is 5.95 Å². The number of carbonyl (C=O) groups is 1. The van der Waals surface area contributed by atoms with Crippen LogP contribution in [0.5, 0.6) is 5.75 Å². The first-order valence-corrected chi connectivity index (χ1v) is 7.93. The minimum absolute atomic E-state index is 0.273. The van der Waals surface area contributed by atoms with E-state index in [0.717, 1.165) is 28.0 Å². The molecule has 1 aromatic carbocycles. The Morgan fingerprint density at radius 2 is 1.96 bits per heavy atom. The molecule has 0 fully saturated rings. The van der Waals surface area contributed by atoms with Gasteiger partial charge in [0.1, 0.15) is 5.75 Å². The molecular formula is C17H14FN3O2S. The van der Waals surface area contributed by atoms with Crippen LogP contribution < -0.4 is 10.1 Å². The number of nitrogens with one attached hydrogen (secondary N) is 1. The van der Waals surface area contributed by atoms with Crippen LogP contribution in [0.3, 0.4) is 0 Å². The predicted octanol–water partition coefficient (Wildman–Crippen LogP) is 3.91. The third-order valence-corrected chi connectivity index (χ3v) is 4.26. The van der Waals surface area contributed by atoms with Crippen molar-refractivity contribution in [2.24, 2.45) is 0 Å². The van der Waals surface area contributed by atoms with Crippen LogP contribution in [-0.4, -0.2) is 23.0 Å². The molecule has 1 N–H and O–H groups in total. The average Bonchev–Trinajstić information content (AvgIpc) is 2.95. The number of methoxy groups -OCH3 is 1. The molecule has 0 unspecified atom stereocenters. The van der Waals surface area contributed by atoms with Gasteiger partial charge in [0.05, 0.1) is 18.4 Å². The summed E-state index contributed by atoms with van der Waals surface area (Å²) in [6.07, 6.45) is 1.19. The number of aryl methyl sites for hydroxylation is 1. The largest absolute Gasteiger partial charge is 0.497 e. The first-order valence-electron chi connectivity index (χ1n) is 7.11. The first-order chi connectivity index (χ1) is 11.6. The monoisotopic (exact) mass is 343 g/mol. The number of hydrogen-bond acceptors (Lipinski definition) is 5. The molecule has 24 heavy (non-hydrogen) atoms. The van der Waals surface area contributed by atoms with E-state index in [0.29, 0.717) is 5.13 Å². The van der Waals surface area contributed by atoms with Crippen LogP contribution in [0.15, 0.2) is 42.6 Å². The zero-order valence-corrected chi connectivity index (χ0v) is 13.9. The number of benzene rings is 1. The predicted molar refractivity (Wildman–Crippen MR) is 91.0 cm³/mol. The quantitative estimate of drug-likeness (QED) is 0.730. The van der Waals surface area contributed by atoms with Gasteiger partial charge in [-0.3, -0.25) is 10.1 Å². The van der Waals surface area contributed by atoms with E-state index in [2.05, 4.69) is 15.3 Å². The van der Waals surface area contributed by atoms with Gasteiger partial charge >= 0.3 is 0 Å². The van der Waals surface area contributed by atoms with Gasteiger partial charge in [-0.1, -0.05) is 0 Å². The summed E-state index contributed by atoms with van der Waals surface area (Å²) in [6, 6.07) is 10.1. The van der Waals surface area contributed by atoms with Crippen molar-refractivity contribution < 1.29 is 13.9 Å². The smallest absolute Gasteiger partial charge is 0.259 e. The summed E-state index contributed by atoms with van der Waals surface area (Å²) in [5.41, 5.74) is 2.01. The van der Waals surface area contributed by atoms with E-state index in [9.17, 15) is 9.18 Å². The number of halogens is 1. The van der Waals surface area contributed by atoms with E-state index in [1.165, 1.54) is 23.6 Å². The summed E-state index contributed by atoms with van der Waals surface area (Å²) < 4.78 is 18.0. The molecule has 5 nitrogen and oxygen atoms in total. The Bertz CT molecular complexity index is 861. The highest BCUT2D eigenvalue weighted by atomic mass is 32.1. The third-order valence-electron chi connectivity index (χ3n) is 3.37. The molecule has 0 aliphatic carbocycles. The molecule has 0 spiro atoms. The highest BCUT2D eigenvalue weighted by molar-refractivity contribution is 7.16. The molecule has 2 aromatic heterocycles. The van der Waals surface area contributed by atoms with Gasteiger partial charge in [-0.25, -0.2) is 9.97 Å². The van der Waals surface area contributed by atoms with Crippen molar-refractivity contribution in [1.82, 2.24) is 9.97 Å². The number of ether oxygens (including phenoxy) is 1. The molecule has 3 aromatic rings. The normalized spacial score (nSPS) is 10.5. The van der Waals surface area contributed by atoms with Crippen LogP contribution >= 0.6 is 11.3 Å². The fourth-order valence-corrected chi connectivity index (χ4v) is 2.98. The van der Waals surface area contributed by atoms with Crippen molar-refractivity contribution >= 4 is 22.4 Å². The van der Waals surface area contributed by atoms with Crippen LogP contribution in [0.4, 0.5) is 9.52 Å². The van der Waals surface area contributed by atoms with Crippen molar-refractivity contribution in [2.45, 2.75) is 6.92 Å². The number of anilines is 1. The van der Waals surface area contributed by atoms with E-state index < -0.39 is 5.95 Å². The van der Waals surface area contributed by atoms with E-state index in [1.54, 1.807) is 7.11 Å². The number of aromatic nitrogens is 2. The van der Waals surface area contributed by atoms with Crippen molar-refractivity contribution in [3.05, 3.63) is 59.0 Å². The Kier molecular flexibility index (Phi) is 4.52. The zero-order valence-electron chi connectivity index (χ0n) is 13.0. The second kappa shape index (κ2) is 6.76. The molecule has 0 aliphatic rings. The number of hydrogen-bond donors (Lipinski definition) is 1. The molecular weight excluding hydrogens is 329 g/mol. The summed E-state index contributed by atoms with van der Waals surface area (Å²) in [5.74, 6) is -0.236.